The summed E-state index contributed by atoms with van der Waals surface area (Å²) in [5, 5.41) is 10.5. The van der Waals surface area contributed by atoms with Crippen LogP contribution in [-0.4, -0.2) is 16.7 Å². The third-order valence-corrected chi connectivity index (χ3v) is 3.62. The smallest absolute Gasteiger partial charge is 0.269 e. The van der Waals surface area contributed by atoms with Gasteiger partial charge >= 0.3 is 0 Å². The zero-order valence-corrected chi connectivity index (χ0v) is 11.5. The Labute approximate surface area is 121 Å². The second-order valence-corrected chi connectivity index (χ2v) is 5.08. The average Bonchev–Trinajstić information content (AvgIpc) is 2.53. The Morgan fingerprint density at radius 2 is 1.67 bits per heavy atom. The molecule has 1 aromatic rings. The molecule has 0 aliphatic heterocycles. The molecule has 0 heterocycles. The summed E-state index contributed by atoms with van der Waals surface area (Å²) in [7, 11) is 0. The molecule has 7 heteroatoms. The fourth-order valence-electron chi connectivity index (χ4n) is 2.39. The van der Waals surface area contributed by atoms with Crippen molar-refractivity contribution >= 4 is 17.5 Å². The van der Waals surface area contributed by atoms with Gasteiger partial charge in [0.05, 0.1) is 4.92 Å². The number of amides is 2. The number of rotatable bonds is 3. The van der Waals surface area contributed by atoms with E-state index in [9.17, 15) is 19.7 Å². The van der Waals surface area contributed by atoms with Crippen LogP contribution in [0, 0.1) is 16.0 Å². The number of benzene rings is 1. The first-order valence-corrected chi connectivity index (χ1v) is 6.92. The maximum Gasteiger partial charge on any atom is 0.269 e. The third-order valence-electron chi connectivity index (χ3n) is 3.62. The molecule has 0 bridgehead atoms. The fraction of sp³-hybridized carbons (Fsp3) is 0.429. The van der Waals surface area contributed by atoms with Gasteiger partial charge in [-0.1, -0.05) is 19.3 Å². The fourth-order valence-corrected chi connectivity index (χ4v) is 2.39. The Morgan fingerprint density at radius 3 is 2.24 bits per heavy atom. The molecule has 0 unspecified atom stereocenters. The summed E-state index contributed by atoms with van der Waals surface area (Å²) < 4.78 is 0. The van der Waals surface area contributed by atoms with Crippen molar-refractivity contribution < 1.29 is 14.5 Å². The predicted octanol–water partition coefficient (Wildman–Crippen LogP) is 1.94. The van der Waals surface area contributed by atoms with Crippen molar-refractivity contribution in [2.24, 2.45) is 5.92 Å². The van der Waals surface area contributed by atoms with Crippen molar-refractivity contribution in [3.63, 3.8) is 0 Å². The van der Waals surface area contributed by atoms with E-state index in [4.69, 9.17) is 0 Å². The Balaban J connectivity index is 1.86. The van der Waals surface area contributed by atoms with E-state index < -0.39 is 10.8 Å². The largest absolute Gasteiger partial charge is 0.273 e. The quantitative estimate of drug-likeness (QED) is 0.656. The van der Waals surface area contributed by atoms with Crippen LogP contribution in [0.4, 0.5) is 5.69 Å². The van der Waals surface area contributed by atoms with Crippen LogP contribution < -0.4 is 10.9 Å². The lowest BCUT2D eigenvalue weighted by Gasteiger charge is -2.20. The molecule has 0 atom stereocenters. The number of hydrogen-bond donors (Lipinski definition) is 2. The summed E-state index contributed by atoms with van der Waals surface area (Å²) in [6.45, 7) is 0. The van der Waals surface area contributed by atoms with E-state index in [0.29, 0.717) is 0 Å². The lowest BCUT2D eigenvalue weighted by molar-refractivity contribution is -0.384. The Kier molecular flexibility index (Phi) is 4.86. The van der Waals surface area contributed by atoms with E-state index in [0.717, 1.165) is 32.1 Å². The second-order valence-electron chi connectivity index (χ2n) is 5.08. The van der Waals surface area contributed by atoms with Gasteiger partial charge in [-0.15, -0.1) is 0 Å². The zero-order chi connectivity index (χ0) is 15.2. The Bertz CT molecular complexity index is 536. The molecule has 1 aliphatic carbocycles. The third kappa shape index (κ3) is 4.01. The molecule has 1 saturated carbocycles. The van der Waals surface area contributed by atoms with E-state index in [1.807, 2.05) is 0 Å². The molecule has 112 valence electrons. The first-order valence-electron chi connectivity index (χ1n) is 6.92. The van der Waals surface area contributed by atoms with Crippen molar-refractivity contribution in [1.29, 1.82) is 0 Å². The normalized spacial score (nSPS) is 15.2. The highest BCUT2D eigenvalue weighted by atomic mass is 16.6. The summed E-state index contributed by atoms with van der Waals surface area (Å²) in [5.41, 5.74) is 4.92. The molecule has 0 radical (unpaired) electrons. The maximum absolute atomic E-state index is 11.9. The monoisotopic (exact) mass is 291 g/mol. The van der Waals surface area contributed by atoms with E-state index >= 15 is 0 Å². The summed E-state index contributed by atoms with van der Waals surface area (Å²) in [6.07, 6.45) is 4.92. The topological polar surface area (TPSA) is 101 Å². The van der Waals surface area contributed by atoms with Crippen molar-refractivity contribution in [2.45, 2.75) is 32.1 Å². The van der Waals surface area contributed by atoms with E-state index in [1.54, 1.807) is 0 Å². The Morgan fingerprint density at radius 1 is 1.05 bits per heavy atom. The number of nitrogens with one attached hydrogen (secondary N) is 2. The molecule has 0 saturated heterocycles. The molecule has 1 aliphatic rings. The van der Waals surface area contributed by atoms with Crippen LogP contribution in [0.5, 0.6) is 0 Å². The van der Waals surface area contributed by atoms with Gasteiger partial charge in [0.2, 0.25) is 5.91 Å². The minimum Gasteiger partial charge on any atom is -0.273 e. The minimum atomic E-state index is -0.535. The first kappa shape index (κ1) is 15.0. The van der Waals surface area contributed by atoms with Gasteiger partial charge in [0.15, 0.2) is 0 Å². The molecular weight excluding hydrogens is 274 g/mol. The average molecular weight is 291 g/mol. The van der Waals surface area contributed by atoms with Crippen molar-refractivity contribution in [3.8, 4) is 0 Å². The lowest BCUT2D eigenvalue weighted by atomic mass is 9.89. The van der Waals surface area contributed by atoms with Crippen molar-refractivity contribution in [2.75, 3.05) is 0 Å². The molecule has 2 rings (SSSR count). The Hall–Kier alpha value is -2.44. The molecule has 0 aromatic heterocycles. The predicted molar refractivity (Wildman–Crippen MR) is 75.3 cm³/mol. The molecule has 7 nitrogen and oxygen atoms in total. The molecule has 2 N–H and O–H groups in total. The SMILES string of the molecule is O=C(NNC(=O)C1CCCCC1)c1ccc([N+](=O)[O-])cc1. The van der Waals surface area contributed by atoms with Crippen molar-refractivity contribution in [3.05, 3.63) is 39.9 Å². The van der Waals surface area contributed by atoms with Crippen LogP contribution >= 0.6 is 0 Å². The van der Waals surface area contributed by atoms with Gasteiger partial charge in [-0.25, -0.2) is 0 Å². The summed E-state index contributed by atoms with van der Waals surface area (Å²) in [6, 6.07) is 5.19. The highest BCUT2D eigenvalue weighted by Gasteiger charge is 2.21. The molecule has 0 spiro atoms. The molecule has 1 fully saturated rings. The molecular formula is C14H17N3O4. The van der Waals surface area contributed by atoms with Gasteiger partial charge in [-0.3, -0.25) is 30.6 Å². The second kappa shape index (κ2) is 6.83. The number of nitro benzene ring substituents is 1. The van der Waals surface area contributed by atoms with E-state index in [2.05, 4.69) is 10.9 Å². The van der Waals surface area contributed by atoms with Gasteiger partial charge < -0.3 is 0 Å². The highest BCUT2D eigenvalue weighted by Crippen LogP contribution is 2.23. The number of nitro groups is 1. The zero-order valence-electron chi connectivity index (χ0n) is 11.5. The standard InChI is InChI=1S/C14H17N3O4/c18-13(10-4-2-1-3-5-10)15-16-14(19)11-6-8-12(9-7-11)17(20)21/h6-10H,1-5H2,(H,15,18)(H,16,19). The van der Waals surface area contributed by atoms with Crippen LogP contribution in [0.25, 0.3) is 0 Å². The van der Waals surface area contributed by atoms with Crippen LogP contribution in [0.3, 0.4) is 0 Å². The molecule has 2 amide bonds. The lowest BCUT2D eigenvalue weighted by Crippen LogP contribution is -2.44. The number of nitrogens with zero attached hydrogens (tertiary/aromatic N) is 1. The minimum absolute atomic E-state index is 0.0455. The number of hydrogen-bond acceptors (Lipinski definition) is 4. The molecule has 21 heavy (non-hydrogen) atoms. The van der Waals surface area contributed by atoms with Crippen LogP contribution in [-0.2, 0) is 4.79 Å². The van der Waals surface area contributed by atoms with Crippen LogP contribution in [0.2, 0.25) is 0 Å². The first-order chi connectivity index (χ1) is 10.1. The summed E-state index contributed by atoms with van der Waals surface area (Å²) in [5.74, 6) is -0.713. The van der Waals surface area contributed by atoms with Gasteiger partial charge in [-0.2, -0.15) is 0 Å². The summed E-state index contributed by atoms with van der Waals surface area (Å²) in [4.78, 5) is 33.7. The number of carbonyl (C=O) groups excluding carboxylic acids is 2. The van der Waals surface area contributed by atoms with Gasteiger partial charge in [0, 0.05) is 23.6 Å². The maximum atomic E-state index is 11.9. The van der Waals surface area contributed by atoms with Gasteiger partial charge in [-0.05, 0) is 25.0 Å². The highest BCUT2D eigenvalue weighted by molar-refractivity contribution is 5.95. The van der Waals surface area contributed by atoms with Crippen LogP contribution in [0.15, 0.2) is 24.3 Å². The number of hydrazine groups is 1. The number of non-ortho nitro benzene ring substituents is 1. The number of carbonyl (C=O) groups is 2. The van der Waals surface area contributed by atoms with Gasteiger partial charge in [0.25, 0.3) is 11.6 Å². The van der Waals surface area contributed by atoms with E-state index in [1.165, 1.54) is 24.3 Å². The summed E-state index contributed by atoms with van der Waals surface area (Å²) >= 11 is 0. The van der Waals surface area contributed by atoms with Gasteiger partial charge in [0.1, 0.15) is 0 Å². The van der Waals surface area contributed by atoms with E-state index in [-0.39, 0.29) is 23.1 Å². The van der Waals surface area contributed by atoms with Crippen LogP contribution in [0.1, 0.15) is 42.5 Å². The van der Waals surface area contributed by atoms with Crippen molar-refractivity contribution in [1.82, 2.24) is 10.9 Å². The molecule has 1 aromatic carbocycles.